The van der Waals surface area contributed by atoms with E-state index in [-0.39, 0.29) is 5.75 Å². The number of aryl methyl sites for hydroxylation is 1. The number of hydrogen-bond acceptors (Lipinski definition) is 4. The van der Waals surface area contributed by atoms with Crippen molar-refractivity contribution in [1.29, 1.82) is 0 Å². The fraction of sp³-hybridized carbons (Fsp3) is 0.625. The van der Waals surface area contributed by atoms with Crippen LogP contribution in [0.4, 0.5) is 0 Å². The van der Waals surface area contributed by atoms with Crippen LogP contribution in [-0.2, 0) is 16.3 Å². The van der Waals surface area contributed by atoms with E-state index in [0.29, 0.717) is 11.8 Å². The predicted molar refractivity (Wildman–Crippen MR) is 87.7 cm³/mol. The monoisotopic (exact) mass is 313 g/mol. The summed E-state index contributed by atoms with van der Waals surface area (Å²) in [5, 5.41) is 3.28. The molecule has 21 heavy (non-hydrogen) atoms. The van der Waals surface area contributed by atoms with Crippen LogP contribution in [0.5, 0.6) is 5.75 Å². The van der Waals surface area contributed by atoms with Crippen molar-refractivity contribution in [1.82, 2.24) is 5.32 Å². The van der Waals surface area contributed by atoms with Gasteiger partial charge in [0.05, 0.1) is 12.9 Å². The average Bonchev–Trinajstić information content (AvgIpc) is 2.51. The van der Waals surface area contributed by atoms with E-state index in [0.717, 1.165) is 31.4 Å². The Balaban J connectivity index is 2.36. The van der Waals surface area contributed by atoms with E-state index < -0.39 is 9.84 Å². The standard InChI is InChI=1S/C16H27NO3S/c1-4-21(18,19)13-5-6-15(17-2)10-7-14-8-11-16(20-3)12-9-14/h8-9,11-12,15,17H,4-7,10,13H2,1-3H3. The van der Waals surface area contributed by atoms with Crippen molar-refractivity contribution >= 4 is 9.84 Å². The summed E-state index contributed by atoms with van der Waals surface area (Å²) in [7, 11) is 0.761. The first kappa shape index (κ1) is 18.0. The average molecular weight is 313 g/mol. The molecule has 1 N–H and O–H groups in total. The maximum atomic E-state index is 11.5. The lowest BCUT2D eigenvalue weighted by Crippen LogP contribution is -2.26. The maximum Gasteiger partial charge on any atom is 0.150 e. The molecule has 1 unspecified atom stereocenters. The van der Waals surface area contributed by atoms with Crippen LogP contribution in [0.2, 0.25) is 0 Å². The first-order valence-corrected chi connectivity index (χ1v) is 9.33. The van der Waals surface area contributed by atoms with Gasteiger partial charge in [-0.25, -0.2) is 8.42 Å². The lowest BCUT2D eigenvalue weighted by molar-refractivity contribution is 0.414. The molecule has 0 radical (unpaired) electrons. The fourth-order valence-electron chi connectivity index (χ4n) is 2.26. The van der Waals surface area contributed by atoms with Gasteiger partial charge in [-0.15, -0.1) is 0 Å². The van der Waals surface area contributed by atoms with Gasteiger partial charge in [-0.3, -0.25) is 0 Å². The zero-order valence-electron chi connectivity index (χ0n) is 13.3. The molecule has 4 nitrogen and oxygen atoms in total. The molecule has 1 aromatic carbocycles. The molecule has 1 rings (SSSR count). The number of hydrogen-bond donors (Lipinski definition) is 1. The summed E-state index contributed by atoms with van der Waals surface area (Å²) in [5.41, 5.74) is 1.28. The van der Waals surface area contributed by atoms with Crippen LogP contribution in [0, 0.1) is 0 Å². The first-order chi connectivity index (χ1) is 10.0. The van der Waals surface area contributed by atoms with Crippen LogP contribution in [-0.4, -0.2) is 40.1 Å². The smallest absolute Gasteiger partial charge is 0.150 e. The van der Waals surface area contributed by atoms with E-state index in [4.69, 9.17) is 4.74 Å². The third kappa shape index (κ3) is 6.96. The first-order valence-electron chi connectivity index (χ1n) is 7.51. The molecule has 0 spiro atoms. The van der Waals surface area contributed by atoms with Crippen molar-refractivity contribution < 1.29 is 13.2 Å². The minimum absolute atomic E-state index is 0.239. The molecule has 0 amide bonds. The Morgan fingerprint density at radius 1 is 1.19 bits per heavy atom. The zero-order chi connectivity index (χ0) is 15.7. The summed E-state index contributed by atoms with van der Waals surface area (Å²) in [5.74, 6) is 1.40. The maximum absolute atomic E-state index is 11.5. The lowest BCUT2D eigenvalue weighted by atomic mass is 10.0. The Morgan fingerprint density at radius 3 is 2.38 bits per heavy atom. The Kier molecular flexibility index (Phi) is 7.75. The van der Waals surface area contributed by atoms with E-state index in [1.165, 1.54) is 5.56 Å². The Bertz CT molecular complexity index is 497. The van der Waals surface area contributed by atoms with Gasteiger partial charge in [-0.1, -0.05) is 19.1 Å². The van der Waals surface area contributed by atoms with Crippen molar-refractivity contribution in [2.75, 3.05) is 25.7 Å². The van der Waals surface area contributed by atoms with Crippen molar-refractivity contribution in [2.45, 2.75) is 38.6 Å². The van der Waals surface area contributed by atoms with Gasteiger partial charge in [0, 0.05) is 11.8 Å². The number of nitrogens with one attached hydrogen (secondary N) is 1. The van der Waals surface area contributed by atoms with Gasteiger partial charge in [-0.05, 0) is 50.4 Å². The summed E-state index contributed by atoms with van der Waals surface area (Å²) in [6.45, 7) is 1.70. The third-order valence-corrected chi connectivity index (χ3v) is 5.59. The molecular formula is C16H27NO3S. The highest BCUT2D eigenvalue weighted by Crippen LogP contribution is 2.14. The molecule has 0 aliphatic rings. The normalized spacial score (nSPS) is 13.1. The number of benzene rings is 1. The topological polar surface area (TPSA) is 55.4 Å². The Labute approximate surface area is 128 Å². The van der Waals surface area contributed by atoms with Gasteiger partial charge in [0.1, 0.15) is 15.6 Å². The van der Waals surface area contributed by atoms with E-state index in [2.05, 4.69) is 17.4 Å². The molecule has 0 aromatic heterocycles. The summed E-state index contributed by atoms with van der Waals surface area (Å²) >= 11 is 0. The van der Waals surface area contributed by atoms with Gasteiger partial charge in [0.25, 0.3) is 0 Å². The highest BCUT2D eigenvalue weighted by molar-refractivity contribution is 7.91. The molecule has 1 atom stereocenters. The molecule has 0 bridgehead atoms. The SMILES string of the molecule is CCS(=O)(=O)CCCC(CCc1ccc(OC)cc1)NC. The number of sulfone groups is 1. The van der Waals surface area contributed by atoms with Crippen LogP contribution < -0.4 is 10.1 Å². The second kappa shape index (κ2) is 9.05. The second-order valence-corrected chi connectivity index (χ2v) is 7.72. The molecule has 5 heteroatoms. The second-order valence-electron chi connectivity index (χ2n) is 5.25. The van der Waals surface area contributed by atoms with Crippen LogP contribution in [0.1, 0.15) is 31.7 Å². The van der Waals surface area contributed by atoms with Gasteiger partial charge in [-0.2, -0.15) is 0 Å². The molecule has 0 aliphatic heterocycles. The van der Waals surface area contributed by atoms with Crippen molar-refractivity contribution in [3.8, 4) is 5.75 Å². The molecule has 0 saturated heterocycles. The summed E-state index contributed by atoms with van der Waals surface area (Å²) < 4.78 is 28.1. The number of rotatable bonds is 10. The zero-order valence-corrected chi connectivity index (χ0v) is 14.1. The number of methoxy groups -OCH3 is 1. The largest absolute Gasteiger partial charge is 0.497 e. The van der Waals surface area contributed by atoms with Gasteiger partial charge >= 0.3 is 0 Å². The Morgan fingerprint density at radius 2 is 1.86 bits per heavy atom. The molecule has 0 saturated carbocycles. The van der Waals surface area contributed by atoms with Gasteiger partial charge in [0.15, 0.2) is 0 Å². The van der Waals surface area contributed by atoms with Crippen LogP contribution in [0.15, 0.2) is 24.3 Å². The predicted octanol–water partition coefficient (Wildman–Crippen LogP) is 2.43. The minimum Gasteiger partial charge on any atom is -0.497 e. The summed E-state index contributed by atoms with van der Waals surface area (Å²) in [6, 6.07) is 8.45. The van der Waals surface area contributed by atoms with Crippen LogP contribution in [0.25, 0.3) is 0 Å². The minimum atomic E-state index is -2.84. The van der Waals surface area contributed by atoms with E-state index >= 15 is 0 Å². The van der Waals surface area contributed by atoms with Gasteiger partial charge in [0.2, 0.25) is 0 Å². The fourth-order valence-corrected chi connectivity index (χ4v) is 3.16. The molecule has 1 aromatic rings. The highest BCUT2D eigenvalue weighted by Gasteiger charge is 2.11. The van der Waals surface area contributed by atoms with E-state index in [1.807, 2.05) is 19.2 Å². The quantitative estimate of drug-likeness (QED) is 0.721. The van der Waals surface area contributed by atoms with E-state index in [1.54, 1.807) is 14.0 Å². The van der Waals surface area contributed by atoms with Crippen LogP contribution in [0.3, 0.4) is 0 Å². The number of ether oxygens (including phenoxy) is 1. The highest BCUT2D eigenvalue weighted by atomic mass is 32.2. The van der Waals surface area contributed by atoms with Crippen molar-refractivity contribution in [3.05, 3.63) is 29.8 Å². The molecule has 0 aliphatic carbocycles. The molecular weight excluding hydrogens is 286 g/mol. The van der Waals surface area contributed by atoms with E-state index in [9.17, 15) is 8.42 Å². The summed E-state index contributed by atoms with van der Waals surface area (Å²) in [4.78, 5) is 0. The molecule has 120 valence electrons. The lowest BCUT2D eigenvalue weighted by Gasteiger charge is -2.16. The summed E-state index contributed by atoms with van der Waals surface area (Å²) in [6.07, 6.45) is 3.61. The van der Waals surface area contributed by atoms with Gasteiger partial charge < -0.3 is 10.1 Å². The third-order valence-electron chi connectivity index (χ3n) is 3.80. The molecule has 0 fully saturated rings. The Hall–Kier alpha value is -1.07. The van der Waals surface area contributed by atoms with Crippen LogP contribution >= 0.6 is 0 Å². The van der Waals surface area contributed by atoms with Crippen molar-refractivity contribution in [2.24, 2.45) is 0 Å². The van der Waals surface area contributed by atoms with Crippen molar-refractivity contribution in [3.63, 3.8) is 0 Å². The molecule has 0 heterocycles.